The predicted octanol–water partition coefficient (Wildman–Crippen LogP) is 0.897. The van der Waals surface area contributed by atoms with Crippen LogP contribution in [0.15, 0.2) is 24.5 Å². The molecule has 0 amide bonds. The van der Waals surface area contributed by atoms with Gasteiger partial charge in [0.25, 0.3) is 0 Å². The van der Waals surface area contributed by atoms with Gasteiger partial charge in [0.2, 0.25) is 0 Å². The summed E-state index contributed by atoms with van der Waals surface area (Å²) in [7, 11) is 0. The first kappa shape index (κ1) is 9.04. The molecule has 15 heavy (non-hydrogen) atoms. The highest BCUT2D eigenvalue weighted by Gasteiger charge is 2.44. The topological polar surface area (TPSA) is 33.2 Å². The van der Waals surface area contributed by atoms with Crippen LogP contribution in [0.2, 0.25) is 0 Å². The predicted molar refractivity (Wildman–Crippen MR) is 56.4 cm³/mol. The molecule has 2 aliphatic heterocycles. The maximum Gasteiger partial charge on any atom is 0.154 e. The van der Waals surface area contributed by atoms with Gasteiger partial charge in [-0.2, -0.15) is 0 Å². The van der Waals surface area contributed by atoms with E-state index in [1.54, 1.807) is 6.20 Å². The van der Waals surface area contributed by atoms with Crippen molar-refractivity contribution in [3.05, 3.63) is 30.1 Å². The maximum absolute atomic E-state index is 11.9. The van der Waals surface area contributed by atoms with E-state index in [-0.39, 0.29) is 6.04 Å². The fraction of sp³-hybridized carbons (Fsp3) is 0.500. The third-order valence-electron chi connectivity index (χ3n) is 3.54. The number of piperidine rings is 1. The van der Waals surface area contributed by atoms with Gasteiger partial charge in [0, 0.05) is 24.9 Å². The first-order valence-electron chi connectivity index (χ1n) is 5.51. The summed E-state index contributed by atoms with van der Waals surface area (Å²) in [6.45, 7) is 2.09. The summed E-state index contributed by atoms with van der Waals surface area (Å²) in [5.74, 6) is 0.775. The minimum atomic E-state index is 0.132. The van der Waals surface area contributed by atoms with Gasteiger partial charge >= 0.3 is 0 Å². The highest BCUT2D eigenvalue weighted by atomic mass is 16.1. The molecule has 2 bridgehead atoms. The summed E-state index contributed by atoms with van der Waals surface area (Å²) in [5.41, 5.74) is 1.17. The van der Waals surface area contributed by atoms with E-state index in [9.17, 15) is 4.79 Å². The molecule has 3 heteroatoms. The number of carbonyl (C=O) groups is 1. The quantitative estimate of drug-likeness (QED) is 0.714. The lowest BCUT2D eigenvalue weighted by Gasteiger charge is -2.23. The summed E-state index contributed by atoms with van der Waals surface area (Å²) in [5, 5.41) is 0. The van der Waals surface area contributed by atoms with Crippen molar-refractivity contribution in [2.75, 3.05) is 13.1 Å². The van der Waals surface area contributed by atoms with E-state index in [4.69, 9.17) is 0 Å². The molecule has 0 saturated carbocycles. The number of ketones is 1. The Labute approximate surface area is 89.1 Å². The van der Waals surface area contributed by atoms with Crippen LogP contribution in [0.4, 0.5) is 0 Å². The van der Waals surface area contributed by atoms with E-state index in [1.807, 2.05) is 18.3 Å². The molecule has 1 aromatic rings. The van der Waals surface area contributed by atoms with Crippen molar-refractivity contribution in [3.8, 4) is 0 Å². The van der Waals surface area contributed by atoms with Gasteiger partial charge in [-0.05, 0) is 31.0 Å². The summed E-state index contributed by atoms with van der Waals surface area (Å²) < 4.78 is 0. The van der Waals surface area contributed by atoms with Crippen LogP contribution in [-0.4, -0.2) is 34.8 Å². The number of carbonyl (C=O) groups excluding carboxylic acids is 1. The lowest BCUT2D eigenvalue weighted by molar-refractivity contribution is -0.124. The smallest absolute Gasteiger partial charge is 0.154 e. The van der Waals surface area contributed by atoms with Gasteiger partial charge in [0.15, 0.2) is 5.78 Å². The zero-order chi connectivity index (χ0) is 10.3. The molecule has 2 fully saturated rings. The number of rotatable bonds is 2. The van der Waals surface area contributed by atoms with Crippen molar-refractivity contribution in [2.45, 2.75) is 18.9 Å². The van der Waals surface area contributed by atoms with Crippen LogP contribution >= 0.6 is 0 Å². The number of aromatic nitrogens is 1. The van der Waals surface area contributed by atoms with Gasteiger partial charge < -0.3 is 0 Å². The Morgan fingerprint density at radius 3 is 3.13 bits per heavy atom. The lowest BCUT2D eigenvalue weighted by atomic mass is 9.95. The molecule has 3 unspecified atom stereocenters. The molecule has 1 aromatic heterocycles. The van der Waals surface area contributed by atoms with Crippen molar-refractivity contribution in [3.63, 3.8) is 0 Å². The van der Waals surface area contributed by atoms with Gasteiger partial charge in [-0.3, -0.25) is 14.7 Å². The van der Waals surface area contributed by atoms with E-state index in [2.05, 4.69) is 9.88 Å². The van der Waals surface area contributed by atoms with Gasteiger partial charge in [0.05, 0.1) is 6.04 Å². The second-order valence-corrected chi connectivity index (χ2v) is 4.46. The van der Waals surface area contributed by atoms with Crippen molar-refractivity contribution >= 4 is 5.78 Å². The summed E-state index contributed by atoms with van der Waals surface area (Å²) >= 11 is 0. The molecule has 2 aliphatic rings. The zero-order valence-corrected chi connectivity index (χ0v) is 8.60. The van der Waals surface area contributed by atoms with Crippen LogP contribution in [0.25, 0.3) is 0 Å². The van der Waals surface area contributed by atoms with E-state index < -0.39 is 0 Å². The minimum absolute atomic E-state index is 0.132. The molecule has 0 aromatic carbocycles. The van der Waals surface area contributed by atoms with Crippen LogP contribution in [0.5, 0.6) is 0 Å². The summed E-state index contributed by atoms with van der Waals surface area (Å²) in [6.07, 6.45) is 5.54. The van der Waals surface area contributed by atoms with Crippen LogP contribution in [0.1, 0.15) is 12.0 Å². The second kappa shape index (κ2) is 3.42. The molecule has 0 aliphatic carbocycles. The molecule has 3 nitrogen and oxygen atoms in total. The number of fused-ring (bicyclic) bond motifs is 2. The van der Waals surface area contributed by atoms with Crippen LogP contribution < -0.4 is 0 Å². The Hall–Kier alpha value is -1.22. The van der Waals surface area contributed by atoms with Crippen molar-refractivity contribution in [2.24, 2.45) is 5.92 Å². The number of pyridine rings is 1. The Morgan fingerprint density at radius 1 is 1.53 bits per heavy atom. The molecule has 2 saturated heterocycles. The molecular formula is C12H14N2O. The van der Waals surface area contributed by atoms with Crippen LogP contribution in [0.3, 0.4) is 0 Å². The minimum Gasteiger partial charge on any atom is -0.298 e. The van der Waals surface area contributed by atoms with Crippen molar-refractivity contribution in [1.82, 2.24) is 9.88 Å². The third kappa shape index (κ3) is 1.47. The maximum atomic E-state index is 11.9. The summed E-state index contributed by atoms with van der Waals surface area (Å²) in [6, 6.07) is 4.11. The zero-order valence-electron chi connectivity index (χ0n) is 8.60. The van der Waals surface area contributed by atoms with Crippen LogP contribution in [-0.2, 0) is 11.2 Å². The molecule has 78 valence electrons. The highest BCUT2D eigenvalue weighted by molar-refractivity contribution is 5.89. The van der Waals surface area contributed by atoms with E-state index in [0.29, 0.717) is 11.7 Å². The SMILES string of the molecule is O=C1C2CCN(C2)C1Cc1cccnc1. The average molecular weight is 202 g/mol. The lowest BCUT2D eigenvalue weighted by Crippen LogP contribution is -2.37. The fourth-order valence-electron chi connectivity index (χ4n) is 2.73. The molecule has 0 radical (unpaired) electrons. The average Bonchev–Trinajstić information content (AvgIpc) is 2.84. The third-order valence-corrected chi connectivity index (χ3v) is 3.54. The Bertz CT molecular complexity index is 376. The van der Waals surface area contributed by atoms with Crippen molar-refractivity contribution in [1.29, 1.82) is 0 Å². The Balaban J connectivity index is 1.77. The normalized spacial score (nSPS) is 33.6. The second-order valence-electron chi connectivity index (χ2n) is 4.46. The van der Waals surface area contributed by atoms with E-state index >= 15 is 0 Å². The number of hydrogen-bond donors (Lipinski definition) is 0. The molecule has 3 rings (SSSR count). The first-order chi connectivity index (χ1) is 7.34. The number of Topliss-reactive ketones (excluding diaryl/α,β-unsaturated/α-hetero) is 1. The van der Waals surface area contributed by atoms with Gasteiger partial charge in [-0.1, -0.05) is 6.07 Å². The highest BCUT2D eigenvalue weighted by Crippen LogP contribution is 2.31. The standard InChI is InChI=1S/C12H14N2O/c15-12-10-3-5-14(8-10)11(12)6-9-2-1-4-13-7-9/h1-2,4,7,10-11H,3,5-6,8H2. The summed E-state index contributed by atoms with van der Waals surface area (Å²) in [4.78, 5) is 18.3. The van der Waals surface area contributed by atoms with Crippen LogP contribution in [0, 0.1) is 5.92 Å². The Morgan fingerprint density at radius 2 is 2.47 bits per heavy atom. The van der Waals surface area contributed by atoms with Gasteiger partial charge in [-0.15, -0.1) is 0 Å². The van der Waals surface area contributed by atoms with Crippen molar-refractivity contribution < 1.29 is 4.79 Å². The van der Waals surface area contributed by atoms with Gasteiger partial charge in [-0.25, -0.2) is 0 Å². The first-order valence-corrected chi connectivity index (χ1v) is 5.51. The molecule has 3 atom stereocenters. The number of nitrogens with zero attached hydrogens (tertiary/aromatic N) is 2. The van der Waals surface area contributed by atoms with E-state index in [0.717, 1.165) is 25.9 Å². The largest absolute Gasteiger partial charge is 0.298 e. The van der Waals surface area contributed by atoms with Gasteiger partial charge in [0.1, 0.15) is 0 Å². The monoisotopic (exact) mass is 202 g/mol. The fourth-order valence-corrected chi connectivity index (χ4v) is 2.73. The van der Waals surface area contributed by atoms with E-state index in [1.165, 1.54) is 5.56 Å². The Kier molecular flexibility index (Phi) is 2.06. The molecule has 3 heterocycles. The number of hydrogen-bond acceptors (Lipinski definition) is 3. The molecular weight excluding hydrogens is 188 g/mol. The molecule has 0 spiro atoms. The molecule has 0 N–H and O–H groups in total.